The monoisotopic (exact) mass is 161 g/mol. The first-order chi connectivity index (χ1) is 5.86. The molecule has 62 valence electrons. The molecule has 1 rings (SSSR count). The largest absolute Gasteiger partial charge is 0.294 e. The predicted molar refractivity (Wildman–Crippen MR) is 51.3 cm³/mol. The van der Waals surface area contributed by atoms with E-state index in [0.717, 1.165) is 11.4 Å². The molecule has 0 aliphatic rings. The number of pyridine rings is 1. The van der Waals surface area contributed by atoms with Gasteiger partial charge in [-0.05, 0) is 12.1 Å². The van der Waals surface area contributed by atoms with Crippen molar-refractivity contribution >= 4 is 12.4 Å². The lowest BCUT2D eigenvalue weighted by molar-refractivity contribution is 1.26. The van der Waals surface area contributed by atoms with Gasteiger partial charge in [-0.25, -0.2) is 4.98 Å². The SMILES string of the molecule is CN=Cc1cccc(C=NC)n1. The lowest BCUT2D eigenvalue weighted by Gasteiger charge is -1.93. The Morgan fingerprint density at radius 3 is 2.00 bits per heavy atom. The van der Waals surface area contributed by atoms with Gasteiger partial charge in [0.1, 0.15) is 0 Å². The molecule has 0 spiro atoms. The van der Waals surface area contributed by atoms with Gasteiger partial charge in [-0.1, -0.05) is 6.07 Å². The van der Waals surface area contributed by atoms with Crippen LogP contribution < -0.4 is 0 Å². The van der Waals surface area contributed by atoms with Crippen molar-refractivity contribution < 1.29 is 0 Å². The molecular weight excluding hydrogens is 150 g/mol. The van der Waals surface area contributed by atoms with E-state index in [1.54, 1.807) is 26.5 Å². The lowest BCUT2D eigenvalue weighted by atomic mass is 10.3. The minimum absolute atomic E-state index is 0.856. The molecular formula is C9H11N3. The van der Waals surface area contributed by atoms with Crippen LogP contribution in [0.3, 0.4) is 0 Å². The molecule has 0 saturated heterocycles. The maximum Gasteiger partial charge on any atom is 0.0815 e. The summed E-state index contributed by atoms with van der Waals surface area (Å²) in [5, 5.41) is 0. The Balaban J connectivity index is 2.95. The maximum absolute atomic E-state index is 4.25. The van der Waals surface area contributed by atoms with Crippen LogP contribution in [-0.4, -0.2) is 31.5 Å². The zero-order chi connectivity index (χ0) is 8.81. The van der Waals surface area contributed by atoms with Gasteiger partial charge in [0.2, 0.25) is 0 Å². The molecule has 0 aliphatic heterocycles. The Morgan fingerprint density at radius 2 is 1.58 bits per heavy atom. The molecule has 12 heavy (non-hydrogen) atoms. The van der Waals surface area contributed by atoms with E-state index >= 15 is 0 Å². The van der Waals surface area contributed by atoms with Gasteiger partial charge in [0, 0.05) is 26.5 Å². The summed E-state index contributed by atoms with van der Waals surface area (Å²) in [4.78, 5) is 12.0. The van der Waals surface area contributed by atoms with Gasteiger partial charge in [0.05, 0.1) is 11.4 Å². The molecule has 0 saturated carbocycles. The zero-order valence-electron chi connectivity index (χ0n) is 7.23. The molecule has 0 unspecified atom stereocenters. The van der Waals surface area contributed by atoms with E-state index in [-0.39, 0.29) is 0 Å². The van der Waals surface area contributed by atoms with Gasteiger partial charge in [0.15, 0.2) is 0 Å². The van der Waals surface area contributed by atoms with Crippen molar-refractivity contribution in [3.8, 4) is 0 Å². The highest BCUT2D eigenvalue weighted by molar-refractivity contribution is 5.81. The molecule has 1 heterocycles. The smallest absolute Gasteiger partial charge is 0.0815 e. The van der Waals surface area contributed by atoms with Crippen LogP contribution in [0.1, 0.15) is 11.4 Å². The summed E-state index contributed by atoms with van der Waals surface area (Å²) in [6.07, 6.45) is 3.43. The van der Waals surface area contributed by atoms with Crippen LogP contribution in [0.5, 0.6) is 0 Å². The maximum atomic E-state index is 4.25. The van der Waals surface area contributed by atoms with E-state index in [2.05, 4.69) is 15.0 Å². The first kappa shape index (κ1) is 8.59. The molecule has 0 radical (unpaired) electrons. The van der Waals surface area contributed by atoms with Crippen LogP contribution >= 0.6 is 0 Å². The predicted octanol–water partition coefficient (Wildman–Crippen LogP) is 1.18. The molecule has 1 aromatic heterocycles. The Bertz CT molecular complexity index is 275. The minimum Gasteiger partial charge on any atom is -0.294 e. The number of nitrogens with zero attached hydrogens (tertiary/aromatic N) is 3. The molecule has 0 amide bonds. The second kappa shape index (κ2) is 4.38. The Labute approximate surface area is 71.9 Å². The summed E-state index contributed by atoms with van der Waals surface area (Å²) in [5.74, 6) is 0. The molecule has 3 heteroatoms. The van der Waals surface area contributed by atoms with Crippen molar-refractivity contribution in [1.29, 1.82) is 0 Å². The Morgan fingerprint density at radius 1 is 1.08 bits per heavy atom. The Kier molecular flexibility index (Phi) is 3.14. The van der Waals surface area contributed by atoms with Gasteiger partial charge >= 0.3 is 0 Å². The molecule has 0 aliphatic carbocycles. The van der Waals surface area contributed by atoms with Crippen LogP contribution in [0.15, 0.2) is 28.2 Å². The quantitative estimate of drug-likeness (QED) is 0.600. The van der Waals surface area contributed by atoms with Crippen LogP contribution in [0.25, 0.3) is 0 Å². The number of aromatic nitrogens is 1. The average Bonchev–Trinajstić information content (AvgIpc) is 2.06. The molecule has 0 N–H and O–H groups in total. The van der Waals surface area contributed by atoms with Crippen LogP contribution in [0, 0.1) is 0 Å². The van der Waals surface area contributed by atoms with Crippen molar-refractivity contribution in [3.63, 3.8) is 0 Å². The molecule has 0 aromatic carbocycles. The average molecular weight is 161 g/mol. The highest BCUT2D eigenvalue weighted by atomic mass is 14.8. The summed E-state index contributed by atoms with van der Waals surface area (Å²) in [5.41, 5.74) is 1.71. The lowest BCUT2D eigenvalue weighted by Crippen LogP contribution is -1.92. The summed E-state index contributed by atoms with van der Waals surface area (Å²) in [7, 11) is 3.45. The minimum atomic E-state index is 0.856. The summed E-state index contributed by atoms with van der Waals surface area (Å²) >= 11 is 0. The van der Waals surface area contributed by atoms with Gasteiger partial charge in [-0.3, -0.25) is 9.98 Å². The Hall–Kier alpha value is -1.51. The third-order valence-electron chi connectivity index (χ3n) is 1.31. The van der Waals surface area contributed by atoms with Crippen molar-refractivity contribution in [2.24, 2.45) is 9.98 Å². The number of rotatable bonds is 2. The van der Waals surface area contributed by atoms with Gasteiger partial charge in [0.25, 0.3) is 0 Å². The second-order valence-electron chi connectivity index (χ2n) is 2.26. The zero-order valence-corrected chi connectivity index (χ0v) is 7.23. The van der Waals surface area contributed by atoms with E-state index in [4.69, 9.17) is 0 Å². The fourth-order valence-electron chi connectivity index (χ4n) is 0.877. The van der Waals surface area contributed by atoms with E-state index in [1.165, 1.54) is 0 Å². The van der Waals surface area contributed by atoms with E-state index in [0.29, 0.717) is 0 Å². The first-order valence-electron chi connectivity index (χ1n) is 3.68. The van der Waals surface area contributed by atoms with Crippen LogP contribution in [0.2, 0.25) is 0 Å². The van der Waals surface area contributed by atoms with Crippen molar-refractivity contribution in [2.75, 3.05) is 14.1 Å². The number of hydrogen-bond acceptors (Lipinski definition) is 3. The molecule has 0 bridgehead atoms. The van der Waals surface area contributed by atoms with Crippen molar-refractivity contribution in [1.82, 2.24) is 4.98 Å². The third kappa shape index (κ3) is 2.27. The van der Waals surface area contributed by atoms with E-state index < -0.39 is 0 Å². The highest BCUT2D eigenvalue weighted by Crippen LogP contribution is 1.94. The fourth-order valence-corrected chi connectivity index (χ4v) is 0.877. The molecule has 3 nitrogen and oxygen atoms in total. The van der Waals surface area contributed by atoms with Gasteiger partial charge in [-0.2, -0.15) is 0 Å². The molecule has 0 atom stereocenters. The second-order valence-corrected chi connectivity index (χ2v) is 2.26. The fraction of sp³-hybridized carbons (Fsp3) is 0.222. The van der Waals surface area contributed by atoms with Crippen molar-refractivity contribution in [2.45, 2.75) is 0 Å². The van der Waals surface area contributed by atoms with Gasteiger partial charge < -0.3 is 0 Å². The van der Waals surface area contributed by atoms with Crippen LogP contribution in [-0.2, 0) is 0 Å². The van der Waals surface area contributed by atoms with Gasteiger partial charge in [-0.15, -0.1) is 0 Å². The highest BCUT2D eigenvalue weighted by Gasteiger charge is 1.90. The third-order valence-corrected chi connectivity index (χ3v) is 1.31. The number of hydrogen-bond donors (Lipinski definition) is 0. The molecule has 1 aromatic rings. The standard InChI is InChI=1S/C9H11N3/c1-10-6-8-4-3-5-9(12-8)7-11-2/h3-7H,1-2H3. The van der Waals surface area contributed by atoms with Crippen molar-refractivity contribution in [3.05, 3.63) is 29.6 Å². The molecule has 0 fully saturated rings. The van der Waals surface area contributed by atoms with E-state index in [9.17, 15) is 0 Å². The van der Waals surface area contributed by atoms with Crippen LogP contribution in [0.4, 0.5) is 0 Å². The summed E-state index contributed by atoms with van der Waals surface area (Å²) in [6.45, 7) is 0. The summed E-state index contributed by atoms with van der Waals surface area (Å²) in [6, 6.07) is 5.74. The first-order valence-corrected chi connectivity index (χ1v) is 3.68. The topological polar surface area (TPSA) is 37.6 Å². The summed E-state index contributed by atoms with van der Waals surface area (Å²) < 4.78 is 0. The van der Waals surface area contributed by atoms with E-state index in [1.807, 2.05) is 18.2 Å². The normalized spacial score (nSPS) is 11.5. The number of aliphatic imine (C=N–C) groups is 2.